The van der Waals surface area contributed by atoms with Crippen molar-refractivity contribution in [2.24, 2.45) is 7.05 Å². The molecule has 0 aliphatic rings. The van der Waals surface area contributed by atoms with Crippen molar-refractivity contribution in [1.82, 2.24) is 20.1 Å². The number of carbonyl (C=O) groups is 3. The number of benzene rings is 2. The molecule has 2 aromatic carbocycles. The smallest absolute Gasteiger partial charge is 0.338 e. The summed E-state index contributed by atoms with van der Waals surface area (Å²) in [5.41, 5.74) is 1.20. The van der Waals surface area contributed by atoms with Crippen LogP contribution in [0.25, 0.3) is 0 Å². The normalized spacial score (nSPS) is 11.8. The van der Waals surface area contributed by atoms with E-state index in [1.165, 1.54) is 17.8 Å². The maximum Gasteiger partial charge on any atom is 0.338 e. The summed E-state index contributed by atoms with van der Waals surface area (Å²) in [4.78, 5) is 37.1. The number of thioether (sulfide) groups is 1. The highest BCUT2D eigenvalue weighted by Gasteiger charge is 2.20. The molecule has 0 aliphatic carbocycles. The molecule has 3 rings (SSSR count). The Morgan fingerprint density at radius 3 is 2.47 bits per heavy atom. The summed E-state index contributed by atoms with van der Waals surface area (Å²) in [5.74, 6) is -0.487. The van der Waals surface area contributed by atoms with Crippen molar-refractivity contribution in [1.29, 1.82) is 0 Å². The van der Waals surface area contributed by atoms with Crippen LogP contribution in [0.2, 0.25) is 10.0 Å². The van der Waals surface area contributed by atoms with Crippen LogP contribution >= 0.6 is 35.0 Å². The van der Waals surface area contributed by atoms with Crippen LogP contribution in [0.4, 0.5) is 5.69 Å². The van der Waals surface area contributed by atoms with Gasteiger partial charge in [0.05, 0.1) is 33.5 Å². The monoisotopic (exact) mass is 549 g/mol. The molecule has 0 aliphatic heterocycles. The lowest BCUT2D eigenvalue weighted by Crippen LogP contribution is -2.28. The van der Waals surface area contributed by atoms with Gasteiger partial charge in [-0.3, -0.25) is 9.59 Å². The van der Waals surface area contributed by atoms with E-state index in [0.717, 1.165) is 0 Å². The number of amides is 2. The molecule has 0 bridgehead atoms. The highest BCUT2D eigenvalue weighted by Crippen LogP contribution is 2.24. The van der Waals surface area contributed by atoms with E-state index in [1.807, 2.05) is 0 Å². The maximum atomic E-state index is 12.6. The zero-order valence-electron chi connectivity index (χ0n) is 20.0. The van der Waals surface area contributed by atoms with Gasteiger partial charge in [-0.05, 0) is 57.2 Å². The van der Waals surface area contributed by atoms with Gasteiger partial charge in [0.1, 0.15) is 0 Å². The molecule has 0 saturated carbocycles. The van der Waals surface area contributed by atoms with Crippen LogP contribution in [0.3, 0.4) is 0 Å². The first-order valence-corrected chi connectivity index (χ1v) is 12.7. The van der Waals surface area contributed by atoms with Gasteiger partial charge in [0.15, 0.2) is 11.0 Å². The average Bonchev–Trinajstić information content (AvgIpc) is 3.19. The van der Waals surface area contributed by atoms with Crippen molar-refractivity contribution >= 4 is 58.4 Å². The van der Waals surface area contributed by atoms with Crippen LogP contribution in [0.5, 0.6) is 0 Å². The Hall–Kier alpha value is -3.08. The topological polar surface area (TPSA) is 115 Å². The summed E-state index contributed by atoms with van der Waals surface area (Å²) in [6, 6.07) is 10.7. The van der Waals surface area contributed by atoms with Crippen LogP contribution in [0, 0.1) is 0 Å². The summed E-state index contributed by atoms with van der Waals surface area (Å²) < 4.78 is 6.89. The third-order valence-electron chi connectivity index (χ3n) is 4.84. The van der Waals surface area contributed by atoms with Gasteiger partial charge in [0, 0.05) is 18.3 Å². The molecule has 0 radical (unpaired) electrons. The van der Waals surface area contributed by atoms with E-state index in [9.17, 15) is 14.4 Å². The SMILES string of the molecule is CC(C)OC(=O)c1cccc(NC(=O)CSc2nnc([C@@H](C)NC(=O)c3ccc(Cl)c(Cl)c3)n2C)c1. The second kappa shape index (κ2) is 12.2. The fourth-order valence-electron chi connectivity index (χ4n) is 3.14. The second-order valence-corrected chi connectivity index (χ2v) is 9.85. The van der Waals surface area contributed by atoms with Gasteiger partial charge in [0.2, 0.25) is 5.91 Å². The van der Waals surface area contributed by atoms with Gasteiger partial charge >= 0.3 is 5.97 Å². The molecule has 36 heavy (non-hydrogen) atoms. The quantitative estimate of drug-likeness (QED) is 0.287. The molecular weight excluding hydrogens is 525 g/mol. The molecule has 0 spiro atoms. The predicted octanol–water partition coefficient (Wildman–Crippen LogP) is 4.91. The Bertz CT molecular complexity index is 1280. The number of ether oxygens (including phenoxy) is 1. The van der Waals surface area contributed by atoms with Crippen LogP contribution in [0.1, 0.15) is 53.4 Å². The minimum absolute atomic E-state index is 0.0661. The highest BCUT2D eigenvalue weighted by molar-refractivity contribution is 7.99. The van der Waals surface area contributed by atoms with Crippen molar-refractivity contribution in [3.05, 3.63) is 69.5 Å². The number of halogens is 2. The molecule has 12 heteroatoms. The molecule has 0 fully saturated rings. The zero-order chi connectivity index (χ0) is 26.4. The Balaban J connectivity index is 1.57. The summed E-state index contributed by atoms with van der Waals surface area (Å²) in [5, 5.41) is 15.1. The summed E-state index contributed by atoms with van der Waals surface area (Å²) >= 11 is 13.1. The van der Waals surface area contributed by atoms with Crippen molar-refractivity contribution in [3.63, 3.8) is 0 Å². The van der Waals surface area contributed by atoms with Crippen LogP contribution in [0.15, 0.2) is 47.6 Å². The lowest BCUT2D eigenvalue weighted by atomic mass is 10.2. The molecule has 190 valence electrons. The van der Waals surface area contributed by atoms with E-state index >= 15 is 0 Å². The minimum Gasteiger partial charge on any atom is -0.459 e. The molecule has 2 amide bonds. The summed E-state index contributed by atoms with van der Waals surface area (Å²) in [7, 11) is 1.75. The number of hydrogen-bond donors (Lipinski definition) is 2. The molecule has 0 saturated heterocycles. The number of nitrogens with one attached hydrogen (secondary N) is 2. The van der Waals surface area contributed by atoms with Gasteiger partial charge in [-0.1, -0.05) is 41.0 Å². The standard InChI is InChI=1S/C24H25Cl2N5O4S/c1-13(2)35-23(34)16-6-5-7-17(10-16)28-20(32)12-36-24-30-29-21(31(24)4)14(3)27-22(33)15-8-9-18(25)19(26)11-15/h5-11,13-14H,12H2,1-4H3,(H,27,33)(H,28,32)/t14-/m1/s1. The number of nitrogens with zero attached hydrogens (tertiary/aromatic N) is 3. The Kier molecular flexibility index (Phi) is 9.36. The van der Waals surface area contributed by atoms with Crippen molar-refractivity contribution < 1.29 is 19.1 Å². The summed E-state index contributed by atoms with van der Waals surface area (Å²) in [6.07, 6.45) is -0.240. The van der Waals surface area contributed by atoms with E-state index < -0.39 is 12.0 Å². The first-order chi connectivity index (χ1) is 17.0. The molecule has 3 aromatic rings. The number of carbonyl (C=O) groups excluding carboxylic acids is 3. The van der Waals surface area contributed by atoms with Crippen LogP contribution < -0.4 is 10.6 Å². The number of aromatic nitrogens is 3. The van der Waals surface area contributed by atoms with Gasteiger partial charge in [-0.2, -0.15) is 0 Å². The fraction of sp³-hybridized carbons (Fsp3) is 0.292. The highest BCUT2D eigenvalue weighted by atomic mass is 35.5. The minimum atomic E-state index is -0.457. The first kappa shape index (κ1) is 27.5. The maximum absolute atomic E-state index is 12.6. The average molecular weight is 550 g/mol. The van der Waals surface area contributed by atoms with Crippen molar-refractivity contribution in [2.75, 3.05) is 11.1 Å². The summed E-state index contributed by atoms with van der Waals surface area (Å²) in [6.45, 7) is 5.31. The molecule has 9 nitrogen and oxygen atoms in total. The lowest BCUT2D eigenvalue weighted by Gasteiger charge is -2.14. The number of rotatable bonds is 9. The largest absolute Gasteiger partial charge is 0.459 e. The molecule has 0 unspecified atom stereocenters. The third kappa shape index (κ3) is 7.22. The van der Waals surface area contributed by atoms with Crippen molar-refractivity contribution in [3.8, 4) is 0 Å². The molecule has 2 N–H and O–H groups in total. The number of anilines is 1. The van der Waals surface area contributed by atoms with Gasteiger partial charge in [-0.15, -0.1) is 10.2 Å². The zero-order valence-corrected chi connectivity index (χ0v) is 22.4. The van der Waals surface area contributed by atoms with Gasteiger partial charge in [0.25, 0.3) is 5.91 Å². The Labute approximate surface area is 222 Å². The fourth-order valence-corrected chi connectivity index (χ4v) is 4.16. The van der Waals surface area contributed by atoms with E-state index in [-0.39, 0.29) is 28.7 Å². The number of esters is 1. The Morgan fingerprint density at radius 1 is 1.03 bits per heavy atom. The molecular formula is C24H25Cl2N5O4S. The van der Waals surface area contributed by atoms with Crippen molar-refractivity contribution in [2.45, 2.75) is 38.1 Å². The lowest BCUT2D eigenvalue weighted by molar-refractivity contribution is -0.113. The molecule has 1 atom stereocenters. The molecule has 1 heterocycles. The van der Waals surface area contributed by atoms with Crippen LogP contribution in [-0.2, 0) is 16.6 Å². The van der Waals surface area contributed by atoms with Gasteiger partial charge < -0.3 is 19.9 Å². The second-order valence-electron chi connectivity index (χ2n) is 8.10. The van der Waals surface area contributed by atoms with Crippen LogP contribution in [-0.4, -0.2) is 44.4 Å². The molecule has 1 aromatic heterocycles. The van der Waals surface area contributed by atoms with E-state index in [1.54, 1.807) is 68.8 Å². The van der Waals surface area contributed by atoms with E-state index in [0.29, 0.717) is 32.8 Å². The van der Waals surface area contributed by atoms with Gasteiger partial charge in [-0.25, -0.2) is 4.79 Å². The first-order valence-electron chi connectivity index (χ1n) is 10.9. The third-order valence-corrected chi connectivity index (χ3v) is 6.60. The van der Waals surface area contributed by atoms with E-state index in [2.05, 4.69) is 20.8 Å². The van der Waals surface area contributed by atoms with E-state index in [4.69, 9.17) is 27.9 Å². The predicted molar refractivity (Wildman–Crippen MR) is 140 cm³/mol. The number of hydrogen-bond acceptors (Lipinski definition) is 7. The Morgan fingerprint density at radius 2 is 1.78 bits per heavy atom.